The van der Waals surface area contributed by atoms with Crippen LogP contribution in [0.1, 0.15) is 34.0 Å². The maximum atomic E-state index is 12.6. The standard InChI is InChI=1S/C23H21ClN2O6/c1-30-17-9-8-14(21(31-2)22(17)32-3)15-10-18(27)25-19-16(23(28)29)11-26(20(15)19)13-6-4-12(24)5-7-13/h4-9,11,15H,10H2,1-3H3,(H,25,27)(H,28,29). The number of carboxylic acid groups (broad SMARTS) is 1. The molecule has 0 aliphatic carbocycles. The molecule has 0 fully saturated rings. The SMILES string of the molecule is COc1ccc(C2CC(=O)Nc3c(C(=O)O)cn(-c4ccc(Cl)cc4)c32)c(OC)c1OC. The molecule has 3 aromatic rings. The lowest BCUT2D eigenvalue weighted by Gasteiger charge is -2.28. The number of aromatic carboxylic acids is 1. The minimum absolute atomic E-state index is 0.00700. The Labute approximate surface area is 189 Å². The third-order valence-electron chi connectivity index (χ3n) is 5.47. The van der Waals surface area contributed by atoms with Gasteiger partial charge in [0.2, 0.25) is 11.7 Å². The Hall–Kier alpha value is -3.65. The number of nitrogens with zero attached hydrogens (tertiary/aromatic N) is 1. The molecular formula is C23H21ClN2O6. The van der Waals surface area contributed by atoms with Gasteiger partial charge in [-0.05, 0) is 30.3 Å². The van der Waals surface area contributed by atoms with Gasteiger partial charge in [0.1, 0.15) is 5.56 Å². The fourth-order valence-electron chi connectivity index (χ4n) is 4.10. The van der Waals surface area contributed by atoms with E-state index >= 15 is 0 Å². The molecule has 1 aliphatic heterocycles. The van der Waals surface area contributed by atoms with E-state index in [4.69, 9.17) is 25.8 Å². The van der Waals surface area contributed by atoms with Crippen LogP contribution in [0, 0.1) is 0 Å². The zero-order chi connectivity index (χ0) is 23.0. The number of rotatable bonds is 6. The van der Waals surface area contributed by atoms with Crippen molar-refractivity contribution in [2.45, 2.75) is 12.3 Å². The van der Waals surface area contributed by atoms with Gasteiger partial charge in [-0.2, -0.15) is 0 Å². The number of hydrogen-bond donors (Lipinski definition) is 2. The quantitative estimate of drug-likeness (QED) is 0.572. The minimum Gasteiger partial charge on any atom is -0.493 e. The molecule has 1 aliphatic rings. The van der Waals surface area contributed by atoms with E-state index in [2.05, 4.69) is 5.32 Å². The lowest BCUT2D eigenvalue weighted by Crippen LogP contribution is -2.26. The van der Waals surface area contributed by atoms with E-state index < -0.39 is 11.9 Å². The van der Waals surface area contributed by atoms with Crippen LogP contribution in [0.2, 0.25) is 5.02 Å². The van der Waals surface area contributed by atoms with E-state index in [9.17, 15) is 14.7 Å². The second-order valence-electron chi connectivity index (χ2n) is 7.18. The first kappa shape index (κ1) is 21.6. The van der Waals surface area contributed by atoms with E-state index in [1.807, 2.05) is 0 Å². The van der Waals surface area contributed by atoms with Gasteiger partial charge in [-0.1, -0.05) is 17.7 Å². The predicted molar refractivity (Wildman–Crippen MR) is 119 cm³/mol. The monoisotopic (exact) mass is 456 g/mol. The van der Waals surface area contributed by atoms with Crippen molar-refractivity contribution in [2.24, 2.45) is 0 Å². The number of amides is 1. The number of anilines is 1. The highest BCUT2D eigenvalue weighted by molar-refractivity contribution is 6.30. The number of ether oxygens (including phenoxy) is 3. The summed E-state index contributed by atoms with van der Waals surface area (Å²) in [5, 5.41) is 13.1. The topological polar surface area (TPSA) is 99.0 Å². The van der Waals surface area contributed by atoms with Crippen molar-refractivity contribution in [1.82, 2.24) is 4.57 Å². The molecule has 0 saturated heterocycles. The number of carboxylic acids is 1. The second-order valence-corrected chi connectivity index (χ2v) is 7.62. The molecule has 0 spiro atoms. The molecule has 1 atom stereocenters. The molecule has 8 nitrogen and oxygen atoms in total. The van der Waals surface area contributed by atoms with Crippen LogP contribution in [0.15, 0.2) is 42.6 Å². The van der Waals surface area contributed by atoms with Crippen LogP contribution >= 0.6 is 11.6 Å². The average Bonchev–Trinajstić information content (AvgIpc) is 3.17. The number of carbonyl (C=O) groups is 2. The van der Waals surface area contributed by atoms with Gasteiger partial charge in [0, 0.05) is 34.8 Å². The molecule has 2 heterocycles. The van der Waals surface area contributed by atoms with Crippen LogP contribution in [-0.2, 0) is 4.79 Å². The van der Waals surface area contributed by atoms with Gasteiger partial charge < -0.3 is 29.2 Å². The molecule has 4 rings (SSSR count). The number of nitrogens with one attached hydrogen (secondary N) is 1. The summed E-state index contributed by atoms with van der Waals surface area (Å²) < 4.78 is 18.3. The second kappa shape index (κ2) is 8.47. The zero-order valence-electron chi connectivity index (χ0n) is 17.6. The highest BCUT2D eigenvalue weighted by Crippen LogP contribution is 2.49. The van der Waals surface area contributed by atoms with Crippen LogP contribution < -0.4 is 19.5 Å². The van der Waals surface area contributed by atoms with Gasteiger partial charge in [-0.25, -0.2) is 4.79 Å². The number of fused-ring (bicyclic) bond motifs is 1. The van der Waals surface area contributed by atoms with E-state index in [1.165, 1.54) is 27.5 Å². The van der Waals surface area contributed by atoms with Gasteiger partial charge in [0.25, 0.3) is 0 Å². The van der Waals surface area contributed by atoms with E-state index in [-0.39, 0.29) is 23.6 Å². The van der Waals surface area contributed by atoms with Gasteiger partial charge in [-0.3, -0.25) is 4.79 Å². The summed E-state index contributed by atoms with van der Waals surface area (Å²) in [6.07, 6.45) is 1.59. The highest BCUT2D eigenvalue weighted by atomic mass is 35.5. The van der Waals surface area contributed by atoms with E-state index in [0.717, 1.165) is 0 Å². The Morgan fingerprint density at radius 1 is 1.06 bits per heavy atom. The van der Waals surface area contributed by atoms with E-state index in [0.29, 0.717) is 39.2 Å². The molecule has 2 N–H and O–H groups in total. The van der Waals surface area contributed by atoms with Crippen molar-refractivity contribution in [3.63, 3.8) is 0 Å². The lowest BCUT2D eigenvalue weighted by atomic mass is 9.87. The zero-order valence-corrected chi connectivity index (χ0v) is 18.4. The number of aromatic nitrogens is 1. The van der Waals surface area contributed by atoms with Crippen molar-refractivity contribution < 1.29 is 28.9 Å². The van der Waals surface area contributed by atoms with Crippen LogP contribution in [-0.4, -0.2) is 42.9 Å². The third-order valence-corrected chi connectivity index (χ3v) is 5.72. The van der Waals surface area contributed by atoms with Crippen molar-refractivity contribution in [3.05, 3.63) is 64.4 Å². The van der Waals surface area contributed by atoms with Gasteiger partial charge in [0.15, 0.2) is 11.5 Å². The van der Waals surface area contributed by atoms with Crippen molar-refractivity contribution in [1.29, 1.82) is 0 Å². The van der Waals surface area contributed by atoms with Gasteiger partial charge in [-0.15, -0.1) is 0 Å². The Morgan fingerprint density at radius 3 is 2.34 bits per heavy atom. The molecular weight excluding hydrogens is 436 g/mol. The largest absolute Gasteiger partial charge is 0.493 e. The number of halogens is 1. The van der Waals surface area contributed by atoms with Crippen LogP contribution in [0.5, 0.6) is 17.2 Å². The van der Waals surface area contributed by atoms with Crippen molar-refractivity contribution in [2.75, 3.05) is 26.6 Å². The fourth-order valence-corrected chi connectivity index (χ4v) is 4.23. The minimum atomic E-state index is -1.14. The van der Waals surface area contributed by atoms with Gasteiger partial charge >= 0.3 is 5.97 Å². The van der Waals surface area contributed by atoms with Gasteiger partial charge in [0.05, 0.1) is 32.7 Å². The molecule has 166 valence electrons. The molecule has 1 unspecified atom stereocenters. The van der Waals surface area contributed by atoms with Crippen LogP contribution in [0.4, 0.5) is 5.69 Å². The average molecular weight is 457 g/mol. The summed E-state index contributed by atoms with van der Waals surface area (Å²) in [6.45, 7) is 0. The first-order valence-electron chi connectivity index (χ1n) is 9.72. The molecule has 9 heteroatoms. The molecule has 2 aromatic carbocycles. The highest BCUT2D eigenvalue weighted by Gasteiger charge is 2.36. The number of benzene rings is 2. The summed E-state index contributed by atoms with van der Waals surface area (Å²) >= 11 is 6.04. The molecule has 1 amide bonds. The molecule has 0 saturated carbocycles. The Kier molecular flexibility index (Phi) is 5.71. The normalized spacial score (nSPS) is 15.0. The summed E-state index contributed by atoms with van der Waals surface area (Å²) in [7, 11) is 4.53. The smallest absolute Gasteiger partial charge is 0.339 e. The Morgan fingerprint density at radius 2 is 1.75 bits per heavy atom. The third kappa shape index (κ3) is 3.52. The summed E-state index contributed by atoms with van der Waals surface area (Å²) in [5.41, 5.74) is 2.25. The molecule has 0 radical (unpaired) electrons. The first-order valence-corrected chi connectivity index (χ1v) is 10.1. The maximum Gasteiger partial charge on any atom is 0.339 e. The van der Waals surface area contributed by atoms with Crippen LogP contribution in [0.25, 0.3) is 5.69 Å². The van der Waals surface area contributed by atoms with Crippen molar-refractivity contribution >= 4 is 29.2 Å². The van der Waals surface area contributed by atoms with Crippen molar-refractivity contribution in [3.8, 4) is 22.9 Å². The Balaban J connectivity index is 2.00. The number of hydrogen-bond acceptors (Lipinski definition) is 5. The summed E-state index contributed by atoms with van der Waals surface area (Å²) in [5.74, 6) is -0.656. The lowest BCUT2D eigenvalue weighted by molar-refractivity contribution is -0.116. The summed E-state index contributed by atoms with van der Waals surface area (Å²) in [4.78, 5) is 24.6. The first-order chi connectivity index (χ1) is 15.4. The number of carbonyl (C=O) groups excluding carboxylic acids is 1. The summed E-state index contributed by atoms with van der Waals surface area (Å²) in [6, 6.07) is 10.5. The maximum absolute atomic E-state index is 12.6. The molecule has 0 bridgehead atoms. The fraction of sp³-hybridized carbons (Fsp3) is 0.217. The molecule has 1 aromatic heterocycles. The Bertz CT molecular complexity index is 1200. The molecule has 32 heavy (non-hydrogen) atoms. The number of methoxy groups -OCH3 is 3. The van der Waals surface area contributed by atoms with E-state index in [1.54, 1.807) is 41.0 Å². The van der Waals surface area contributed by atoms with Crippen LogP contribution in [0.3, 0.4) is 0 Å². The predicted octanol–water partition coefficient (Wildman–Crippen LogP) is 4.33.